The van der Waals surface area contributed by atoms with E-state index in [0.29, 0.717) is 21.9 Å². The van der Waals surface area contributed by atoms with Crippen LogP contribution in [0.5, 0.6) is 0 Å². The third-order valence-corrected chi connectivity index (χ3v) is 6.22. The van der Waals surface area contributed by atoms with Gasteiger partial charge in [0.05, 0.1) is 21.1 Å². The maximum Gasteiger partial charge on any atom is 0.283 e. The van der Waals surface area contributed by atoms with Gasteiger partial charge in [-0.05, 0) is 24.6 Å². The second kappa shape index (κ2) is 8.53. The van der Waals surface area contributed by atoms with E-state index in [1.807, 2.05) is 28.8 Å². The number of hydrogen-bond donors (Lipinski definition) is 1. The van der Waals surface area contributed by atoms with Crippen molar-refractivity contribution in [1.29, 1.82) is 0 Å². The Hall–Kier alpha value is -2.39. The number of benzene rings is 1. The first kappa shape index (κ1) is 19.4. The zero-order valence-corrected chi connectivity index (χ0v) is 16.4. The van der Waals surface area contributed by atoms with E-state index in [9.17, 15) is 19.7 Å². The Balaban J connectivity index is 1.60. The van der Waals surface area contributed by atoms with Gasteiger partial charge in [0.15, 0.2) is 0 Å². The molecule has 0 aliphatic carbocycles. The average molecular weight is 406 g/mol. The first-order chi connectivity index (χ1) is 12.9. The predicted octanol–water partition coefficient (Wildman–Crippen LogP) is 3.33. The Morgan fingerprint density at radius 1 is 1.22 bits per heavy atom. The SMILES string of the molecule is Cc1sc(C(=O)Nc2ccc(CC(=O)N3CCSCC3)cc2)cc1[N+](=O)[O-]. The van der Waals surface area contributed by atoms with Crippen molar-refractivity contribution in [2.45, 2.75) is 13.3 Å². The zero-order valence-electron chi connectivity index (χ0n) is 14.8. The van der Waals surface area contributed by atoms with Crippen LogP contribution in [0, 0.1) is 17.0 Å². The number of hydrogen-bond acceptors (Lipinski definition) is 6. The summed E-state index contributed by atoms with van der Waals surface area (Å²) in [5.74, 6) is 1.70. The van der Waals surface area contributed by atoms with E-state index in [2.05, 4.69) is 5.32 Å². The molecule has 1 aliphatic heterocycles. The molecule has 0 saturated carbocycles. The van der Waals surface area contributed by atoms with E-state index in [1.54, 1.807) is 19.1 Å². The Kier molecular flexibility index (Phi) is 6.12. The largest absolute Gasteiger partial charge is 0.341 e. The maximum atomic E-state index is 12.3. The molecule has 1 aromatic carbocycles. The highest BCUT2D eigenvalue weighted by atomic mass is 32.2. The molecular formula is C18H19N3O4S2. The summed E-state index contributed by atoms with van der Waals surface area (Å²) in [6.45, 7) is 3.21. The van der Waals surface area contributed by atoms with Gasteiger partial charge in [-0.1, -0.05) is 12.1 Å². The molecule has 0 unspecified atom stereocenters. The number of nitrogens with one attached hydrogen (secondary N) is 1. The summed E-state index contributed by atoms with van der Waals surface area (Å²) in [4.78, 5) is 37.7. The van der Waals surface area contributed by atoms with Crippen LogP contribution in [0.4, 0.5) is 11.4 Å². The van der Waals surface area contributed by atoms with Gasteiger partial charge >= 0.3 is 0 Å². The summed E-state index contributed by atoms with van der Waals surface area (Å²) in [5, 5.41) is 13.6. The Bertz CT molecular complexity index is 858. The summed E-state index contributed by atoms with van der Waals surface area (Å²) >= 11 is 2.95. The first-order valence-electron chi connectivity index (χ1n) is 8.44. The lowest BCUT2D eigenvalue weighted by Crippen LogP contribution is -2.38. The fourth-order valence-corrected chi connectivity index (χ4v) is 4.55. The molecule has 0 bridgehead atoms. The zero-order chi connectivity index (χ0) is 19.4. The van der Waals surface area contributed by atoms with Crippen LogP contribution in [0.15, 0.2) is 30.3 Å². The lowest BCUT2D eigenvalue weighted by molar-refractivity contribution is -0.385. The average Bonchev–Trinajstić information content (AvgIpc) is 3.06. The molecule has 0 atom stereocenters. The number of nitrogens with zero attached hydrogens (tertiary/aromatic N) is 2. The van der Waals surface area contributed by atoms with Crippen LogP contribution >= 0.6 is 23.1 Å². The van der Waals surface area contributed by atoms with Crippen molar-refractivity contribution in [2.75, 3.05) is 29.9 Å². The maximum absolute atomic E-state index is 12.3. The quantitative estimate of drug-likeness (QED) is 0.608. The number of carbonyl (C=O) groups excluding carboxylic acids is 2. The van der Waals surface area contributed by atoms with Gasteiger partial charge in [0.2, 0.25) is 5.91 Å². The topological polar surface area (TPSA) is 92.6 Å². The normalized spacial score (nSPS) is 14.0. The van der Waals surface area contributed by atoms with E-state index in [4.69, 9.17) is 0 Å². The molecule has 9 heteroatoms. The number of thioether (sulfide) groups is 1. The molecule has 0 spiro atoms. The van der Waals surface area contributed by atoms with Crippen molar-refractivity contribution in [3.63, 3.8) is 0 Å². The molecular weight excluding hydrogens is 386 g/mol. The fraction of sp³-hybridized carbons (Fsp3) is 0.333. The van der Waals surface area contributed by atoms with Crippen LogP contribution in [0.3, 0.4) is 0 Å². The van der Waals surface area contributed by atoms with E-state index >= 15 is 0 Å². The van der Waals surface area contributed by atoms with Crippen LogP contribution < -0.4 is 5.32 Å². The number of anilines is 1. The molecule has 2 amide bonds. The highest BCUT2D eigenvalue weighted by Gasteiger charge is 2.20. The van der Waals surface area contributed by atoms with Crippen LogP contribution in [-0.4, -0.2) is 46.2 Å². The minimum Gasteiger partial charge on any atom is -0.341 e. The summed E-state index contributed by atoms with van der Waals surface area (Å²) < 4.78 is 0. The number of nitro groups is 1. The third kappa shape index (κ3) is 4.86. The number of carbonyl (C=O) groups is 2. The summed E-state index contributed by atoms with van der Waals surface area (Å²) in [6, 6.07) is 8.39. The van der Waals surface area contributed by atoms with Crippen molar-refractivity contribution in [1.82, 2.24) is 4.90 Å². The molecule has 2 aromatic rings. The van der Waals surface area contributed by atoms with Crippen LogP contribution in [-0.2, 0) is 11.2 Å². The molecule has 7 nitrogen and oxygen atoms in total. The van der Waals surface area contributed by atoms with Gasteiger partial charge in [0.25, 0.3) is 11.6 Å². The van der Waals surface area contributed by atoms with Gasteiger partial charge in [-0.2, -0.15) is 11.8 Å². The summed E-state index contributed by atoms with van der Waals surface area (Å²) in [5.41, 5.74) is 1.42. The number of rotatable bonds is 5. The lowest BCUT2D eigenvalue weighted by Gasteiger charge is -2.26. The molecule has 1 aliphatic rings. The number of aryl methyl sites for hydroxylation is 1. The van der Waals surface area contributed by atoms with Crippen LogP contribution in [0.1, 0.15) is 20.1 Å². The summed E-state index contributed by atoms with van der Waals surface area (Å²) in [6.07, 6.45) is 0.342. The lowest BCUT2D eigenvalue weighted by atomic mass is 10.1. The van der Waals surface area contributed by atoms with Crippen LogP contribution in [0.2, 0.25) is 0 Å². The molecule has 1 fully saturated rings. The molecule has 142 valence electrons. The predicted molar refractivity (Wildman–Crippen MR) is 108 cm³/mol. The smallest absolute Gasteiger partial charge is 0.283 e. The van der Waals surface area contributed by atoms with Gasteiger partial charge < -0.3 is 10.2 Å². The van der Waals surface area contributed by atoms with E-state index in [-0.39, 0.29) is 17.5 Å². The second-order valence-electron chi connectivity index (χ2n) is 6.13. The molecule has 3 rings (SSSR count). The molecule has 1 saturated heterocycles. The van der Waals surface area contributed by atoms with Gasteiger partial charge in [-0.3, -0.25) is 19.7 Å². The molecule has 27 heavy (non-hydrogen) atoms. The highest BCUT2D eigenvalue weighted by molar-refractivity contribution is 7.99. The molecule has 1 N–H and O–H groups in total. The van der Waals surface area contributed by atoms with Crippen molar-refractivity contribution >= 4 is 46.3 Å². The van der Waals surface area contributed by atoms with Gasteiger partial charge in [0.1, 0.15) is 0 Å². The number of thiophene rings is 1. The minimum absolute atomic E-state index is 0.0462. The fourth-order valence-electron chi connectivity index (χ4n) is 2.76. The monoisotopic (exact) mass is 405 g/mol. The Labute approximate surface area is 164 Å². The molecule has 1 aromatic heterocycles. The van der Waals surface area contributed by atoms with E-state index in [0.717, 1.165) is 41.5 Å². The highest BCUT2D eigenvalue weighted by Crippen LogP contribution is 2.28. The number of amides is 2. The van der Waals surface area contributed by atoms with Gasteiger partial charge in [0, 0.05) is 36.3 Å². The Morgan fingerprint density at radius 2 is 1.89 bits per heavy atom. The standard InChI is InChI=1S/C18H19N3O4S2/c1-12-15(21(24)25)11-16(27-12)18(23)19-14-4-2-13(3-5-14)10-17(22)20-6-8-26-9-7-20/h2-5,11H,6-10H2,1H3,(H,19,23). The van der Waals surface area contributed by atoms with Crippen LogP contribution in [0.25, 0.3) is 0 Å². The van der Waals surface area contributed by atoms with Crippen molar-refractivity contribution in [3.05, 3.63) is 55.8 Å². The summed E-state index contributed by atoms with van der Waals surface area (Å²) in [7, 11) is 0. The van der Waals surface area contributed by atoms with Gasteiger partial charge in [-0.15, -0.1) is 11.3 Å². The van der Waals surface area contributed by atoms with E-state index in [1.165, 1.54) is 6.07 Å². The van der Waals surface area contributed by atoms with Crippen molar-refractivity contribution in [3.8, 4) is 0 Å². The first-order valence-corrected chi connectivity index (χ1v) is 10.4. The van der Waals surface area contributed by atoms with Gasteiger partial charge in [-0.25, -0.2) is 0 Å². The minimum atomic E-state index is -0.491. The molecule has 0 radical (unpaired) electrons. The van der Waals surface area contributed by atoms with Crippen molar-refractivity contribution < 1.29 is 14.5 Å². The molecule has 2 heterocycles. The Morgan fingerprint density at radius 3 is 2.48 bits per heavy atom. The van der Waals surface area contributed by atoms with E-state index < -0.39 is 4.92 Å². The van der Waals surface area contributed by atoms with Crippen molar-refractivity contribution in [2.24, 2.45) is 0 Å². The third-order valence-electron chi connectivity index (χ3n) is 4.24. The second-order valence-corrected chi connectivity index (χ2v) is 8.61.